The topological polar surface area (TPSA) is 110 Å². The molecule has 1 aromatic heterocycles. The minimum atomic E-state index is -4.63. The van der Waals surface area contributed by atoms with Gasteiger partial charge in [-0.1, -0.05) is 12.1 Å². The smallest absolute Gasteiger partial charge is 0.420 e. The average molecular weight is 501 g/mol. The summed E-state index contributed by atoms with van der Waals surface area (Å²) in [6.07, 6.45) is -2.35. The number of H-pyrrole nitrogens is 1. The Morgan fingerprint density at radius 1 is 1.06 bits per heavy atom. The van der Waals surface area contributed by atoms with E-state index in [0.29, 0.717) is 18.4 Å². The first-order valence-electron chi connectivity index (χ1n) is 10.9. The summed E-state index contributed by atoms with van der Waals surface area (Å²) in [6, 6.07) is 12.5. The zero-order valence-electron chi connectivity index (χ0n) is 19.1. The zero-order valence-corrected chi connectivity index (χ0v) is 19.1. The molecule has 0 saturated heterocycles. The quantitative estimate of drug-likeness (QED) is 0.435. The predicted octanol–water partition coefficient (Wildman–Crippen LogP) is 3.77. The van der Waals surface area contributed by atoms with Crippen molar-refractivity contribution >= 4 is 11.8 Å². The molecule has 36 heavy (non-hydrogen) atoms. The summed E-state index contributed by atoms with van der Waals surface area (Å²) in [5.74, 6) is -1.16. The van der Waals surface area contributed by atoms with Gasteiger partial charge in [-0.25, -0.2) is 0 Å². The SMILES string of the molecule is COc1ccc(Oc2ccc(CNC(=O)C3(NC(=O)c4ccc[nH]c4=O)CC3)cc2)c(C(F)(F)F)c1. The van der Waals surface area contributed by atoms with Gasteiger partial charge in [-0.3, -0.25) is 14.4 Å². The Morgan fingerprint density at radius 3 is 2.36 bits per heavy atom. The molecule has 188 valence electrons. The van der Waals surface area contributed by atoms with Crippen molar-refractivity contribution in [2.75, 3.05) is 7.11 Å². The van der Waals surface area contributed by atoms with E-state index in [-0.39, 0.29) is 29.4 Å². The van der Waals surface area contributed by atoms with Crippen molar-refractivity contribution in [3.05, 3.63) is 87.8 Å². The fraction of sp³-hybridized carbons (Fsp3) is 0.240. The normalized spacial score (nSPS) is 14.0. The number of alkyl halides is 3. The zero-order chi connectivity index (χ0) is 25.9. The molecule has 2 amide bonds. The van der Waals surface area contributed by atoms with Gasteiger partial charge in [0.2, 0.25) is 5.91 Å². The van der Waals surface area contributed by atoms with Crippen LogP contribution in [-0.4, -0.2) is 29.4 Å². The molecule has 1 aliphatic carbocycles. The lowest BCUT2D eigenvalue weighted by Gasteiger charge is -2.17. The molecule has 1 saturated carbocycles. The monoisotopic (exact) mass is 501 g/mol. The minimum absolute atomic E-state index is 0.0564. The van der Waals surface area contributed by atoms with Crippen molar-refractivity contribution in [2.45, 2.75) is 31.1 Å². The predicted molar refractivity (Wildman–Crippen MR) is 123 cm³/mol. The molecule has 3 N–H and O–H groups in total. The first-order chi connectivity index (χ1) is 17.1. The van der Waals surface area contributed by atoms with E-state index in [1.165, 1.54) is 49.7 Å². The first kappa shape index (κ1) is 24.8. The molecule has 0 spiro atoms. The van der Waals surface area contributed by atoms with Crippen LogP contribution in [0.5, 0.6) is 17.2 Å². The molecule has 8 nitrogen and oxygen atoms in total. The maximum Gasteiger partial charge on any atom is 0.420 e. The molecule has 11 heteroatoms. The minimum Gasteiger partial charge on any atom is -0.497 e. The van der Waals surface area contributed by atoms with Crippen molar-refractivity contribution in [2.24, 2.45) is 0 Å². The molecule has 0 aliphatic heterocycles. The molecule has 0 bridgehead atoms. The molecular formula is C25H22F3N3O5. The second-order valence-electron chi connectivity index (χ2n) is 8.24. The van der Waals surface area contributed by atoms with Gasteiger partial charge in [0.05, 0.1) is 7.11 Å². The lowest BCUT2D eigenvalue weighted by atomic mass is 10.1. The average Bonchev–Trinajstić information content (AvgIpc) is 3.63. The van der Waals surface area contributed by atoms with Crippen molar-refractivity contribution < 1.29 is 32.2 Å². The van der Waals surface area contributed by atoms with Crippen LogP contribution in [0.2, 0.25) is 0 Å². The lowest BCUT2D eigenvalue weighted by molar-refractivity contribution is -0.138. The molecule has 1 heterocycles. The van der Waals surface area contributed by atoms with Gasteiger partial charge in [0, 0.05) is 12.7 Å². The standard InChI is InChI=1S/C25H22F3N3O5/c1-35-17-8-9-20(19(13-17)25(26,27)28)36-16-6-4-15(5-7-16)14-30-23(34)24(10-11-24)31-22(33)18-3-2-12-29-21(18)32/h2-9,12-13H,10-11,14H2,1H3,(H,29,32)(H,30,34)(H,31,33). The number of hydrogen-bond donors (Lipinski definition) is 3. The van der Waals surface area contributed by atoms with Crippen molar-refractivity contribution in [3.63, 3.8) is 0 Å². The summed E-state index contributed by atoms with van der Waals surface area (Å²) >= 11 is 0. The first-order valence-corrected chi connectivity index (χ1v) is 10.9. The van der Waals surface area contributed by atoms with E-state index in [4.69, 9.17) is 9.47 Å². The lowest BCUT2D eigenvalue weighted by Crippen LogP contribution is -2.49. The largest absolute Gasteiger partial charge is 0.497 e. The molecule has 4 rings (SSSR count). The van der Waals surface area contributed by atoms with Crippen molar-refractivity contribution in [3.8, 4) is 17.2 Å². The van der Waals surface area contributed by atoms with Crippen LogP contribution in [0.25, 0.3) is 0 Å². The van der Waals surface area contributed by atoms with E-state index in [1.807, 2.05) is 0 Å². The molecule has 0 atom stereocenters. The van der Waals surface area contributed by atoms with Crippen LogP contribution in [0.4, 0.5) is 13.2 Å². The highest BCUT2D eigenvalue weighted by Crippen LogP contribution is 2.40. The summed E-state index contributed by atoms with van der Waals surface area (Å²) in [7, 11) is 1.27. The van der Waals surface area contributed by atoms with Crippen LogP contribution in [0.1, 0.15) is 34.3 Å². The number of carbonyl (C=O) groups excluding carboxylic acids is 2. The van der Waals surface area contributed by atoms with E-state index in [2.05, 4.69) is 15.6 Å². The van der Waals surface area contributed by atoms with Crippen LogP contribution < -0.4 is 25.7 Å². The maximum absolute atomic E-state index is 13.4. The molecule has 3 aromatic rings. The molecule has 1 fully saturated rings. The van der Waals surface area contributed by atoms with Crippen LogP contribution in [0.3, 0.4) is 0 Å². The number of rotatable bonds is 8. The number of aromatic nitrogens is 1. The highest BCUT2D eigenvalue weighted by Gasteiger charge is 2.51. The highest BCUT2D eigenvalue weighted by molar-refractivity contribution is 6.00. The summed E-state index contributed by atoms with van der Waals surface area (Å²) in [5, 5.41) is 5.37. The van der Waals surface area contributed by atoms with E-state index in [9.17, 15) is 27.6 Å². The Kier molecular flexibility index (Phi) is 6.73. The number of nitrogens with one attached hydrogen (secondary N) is 3. The summed E-state index contributed by atoms with van der Waals surface area (Å²) in [5.41, 5.74) is -2.01. The van der Waals surface area contributed by atoms with Gasteiger partial charge >= 0.3 is 6.18 Å². The third-order valence-corrected chi connectivity index (χ3v) is 5.70. The second kappa shape index (κ2) is 9.76. The number of amides is 2. The Labute approximate surface area is 203 Å². The van der Waals surface area contributed by atoms with E-state index in [1.54, 1.807) is 12.1 Å². The summed E-state index contributed by atoms with van der Waals surface area (Å²) < 4.78 is 50.5. The number of hydrogen-bond acceptors (Lipinski definition) is 5. The number of pyridine rings is 1. The summed E-state index contributed by atoms with van der Waals surface area (Å²) in [4.78, 5) is 39.3. The fourth-order valence-corrected chi connectivity index (χ4v) is 3.52. The van der Waals surface area contributed by atoms with Gasteiger partial charge in [0.15, 0.2) is 0 Å². The van der Waals surface area contributed by atoms with Gasteiger partial charge < -0.3 is 25.1 Å². The molecule has 1 aliphatic rings. The number of ether oxygens (including phenoxy) is 2. The van der Waals surface area contributed by atoms with Gasteiger partial charge in [-0.05, 0) is 60.9 Å². The Balaban J connectivity index is 1.37. The fourth-order valence-electron chi connectivity index (χ4n) is 3.52. The van der Waals surface area contributed by atoms with Gasteiger partial charge in [0.1, 0.15) is 33.9 Å². The number of aromatic amines is 1. The Morgan fingerprint density at radius 2 is 1.75 bits per heavy atom. The highest BCUT2D eigenvalue weighted by atomic mass is 19.4. The number of benzene rings is 2. The summed E-state index contributed by atoms with van der Waals surface area (Å²) in [6.45, 7) is 0.124. The van der Waals surface area contributed by atoms with Crippen LogP contribution in [0.15, 0.2) is 65.6 Å². The number of methoxy groups -OCH3 is 1. The van der Waals surface area contributed by atoms with Gasteiger partial charge in [0.25, 0.3) is 11.5 Å². The number of carbonyl (C=O) groups is 2. The molecule has 2 aromatic carbocycles. The third-order valence-electron chi connectivity index (χ3n) is 5.70. The van der Waals surface area contributed by atoms with E-state index < -0.39 is 34.7 Å². The second-order valence-corrected chi connectivity index (χ2v) is 8.24. The molecular weight excluding hydrogens is 479 g/mol. The Bertz CT molecular complexity index is 1330. The van der Waals surface area contributed by atoms with Crippen LogP contribution in [-0.2, 0) is 17.5 Å². The van der Waals surface area contributed by atoms with E-state index in [0.717, 1.165) is 6.07 Å². The van der Waals surface area contributed by atoms with Crippen LogP contribution >= 0.6 is 0 Å². The maximum atomic E-state index is 13.4. The van der Waals surface area contributed by atoms with Crippen LogP contribution in [0, 0.1) is 0 Å². The Hall–Kier alpha value is -4.28. The van der Waals surface area contributed by atoms with E-state index >= 15 is 0 Å². The van der Waals surface area contributed by atoms with Gasteiger partial charge in [-0.2, -0.15) is 13.2 Å². The molecule has 0 unspecified atom stereocenters. The molecule has 0 radical (unpaired) electrons. The number of halogens is 3. The van der Waals surface area contributed by atoms with Crippen molar-refractivity contribution in [1.82, 2.24) is 15.6 Å². The third kappa shape index (κ3) is 5.51. The van der Waals surface area contributed by atoms with Crippen molar-refractivity contribution in [1.29, 1.82) is 0 Å². The van der Waals surface area contributed by atoms with Gasteiger partial charge in [-0.15, -0.1) is 0 Å².